The lowest BCUT2D eigenvalue weighted by molar-refractivity contribution is -0.196. The fraction of sp³-hybridized carbons (Fsp3) is 0.688. The molecule has 3 heterocycles. The molecule has 2 saturated heterocycles. The molecule has 24 heavy (non-hydrogen) atoms. The molecule has 7 nitrogen and oxygen atoms in total. The quantitative estimate of drug-likeness (QED) is 0.730. The van der Waals surface area contributed by atoms with Gasteiger partial charge in [-0.2, -0.15) is 5.10 Å². The van der Waals surface area contributed by atoms with Gasteiger partial charge in [-0.3, -0.25) is 9.48 Å². The summed E-state index contributed by atoms with van der Waals surface area (Å²) < 4.78 is 27.1. The number of likely N-dealkylation sites (tertiary alicyclic amines) is 1. The number of carbonyl (C=O) groups is 2. The molecule has 0 N–H and O–H groups in total. The number of aromatic nitrogens is 2. The molecule has 1 atom stereocenters. The number of halogens is 1. The summed E-state index contributed by atoms with van der Waals surface area (Å²) >= 11 is 0. The first-order valence-corrected chi connectivity index (χ1v) is 8.09. The zero-order valence-corrected chi connectivity index (χ0v) is 14.0. The average Bonchev–Trinajstić information content (AvgIpc) is 3.06. The molecule has 2 aliphatic rings. The van der Waals surface area contributed by atoms with Crippen molar-refractivity contribution in [3.63, 3.8) is 0 Å². The van der Waals surface area contributed by atoms with Crippen molar-refractivity contribution >= 4 is 11.9 Å². The van der Waals surface area contributed by atoms with Gasteiger partial charge in [0.1, 0.15) is 0 Å². The average molecular weight is 339 g/mol. The first kappa shape index (κ1) is 16.9. The van der Waals surface area contributed by atoms with E-state index >= 15 is 4.39 Å². The molecule has 1 aromatic rings. The molecule has 2 fully saturated rings. The second kappa shape index (κ2) is 6.16. The van der Waals surface area contributed by atoms with Gasteiger partial charge in [-0.1, -0.05) is 0 Å². The van der Waals surface area contributed by atoms with Gasteiger partial charge in [-0.15, -0.1) is 0 Å². The Balaban J connectivity index is 1.67. The highest BCUT2D eigenvalue weighted by atomic mass is 19.1. The first-order valence-electron chi connectivity index (χ1n) is 8.09. The molecule has 1 unspecified atom stereocenters. The third kappa shape index (κ3) is 2.68. The Kier molecular flexibility index (Phi) is 4.33. The molecule has 8 heteroatoms. The van der Waals surface area contributed by atoms with Crippen LogP contribution in [0.3, 0.4) is 0 Å². The van der Waals surface area contributed by atoms with Crippen LogP contribution in [0.25, 0.3) is 0 Å². The van der Waals surface area contributed by atoms with Crippen molar-refractivity contribution in [1.29, 1.82) is 0 Å². The summed E-state index contributed by atoms with van der Waals surface area (Å²) in [6.45, 7) is 1.94. The number of ether oxygens (including phenoxy) is 2. The number of hydrogen-bond donors (Lipinski definition) is 0. The summed E-state index contributed by atoms with van der Waals surface area (Å²) in [5.74, 6) is -1.06. The van der Waals surface area contributed by atoms with Gasteiger partial charge < -0.3 is 14.4 Å². The van der Waals surface area contributed by atoms with E-state index in [1.807, 2.05) is 13.2 Å². The Bertz CT molecular complexity index is 643. The molecule has 1 amide bonds. The Labute approximate surface area is 139 Å². The highest BCUT2D eigenvalue weighted by molar-refractivity contribution is 5.85. The SMILES string of the molecule is CCOC(=O)C1(F)CN(C(=O)CCc2cnn(C)c2)CC12COC2. The van der Waals surface area contributed by atoms with Gasteiger partial charge >= 0.3 is 5.97 Å². The van der Waals surface area contributed by atoms with E-state index in [9.17, 15) is 9.59 Å². The second-order valence-corrected chi connectivity index (χ2v) is 6.57. The van der Waals surface area contributed by atoms with Crippen molar-refractivity contribution < 1.29 is 23.5 Å². The summed E-state index contributed by atoms with van der Waals surface area (Å²) in [6, 6.07) is 0. The zero-order chi connectivity index (χ0) is 17.4. The smallest absolute Gasteiger partial charge is 0.346 e. The molecule has 0 bridgehead atoms. The molecule has 0 saturated carbocycles. The molecule has 0 aromatic carbocycles. The number of nitrogens with zero attached hydrogens (tertiary/aromatic N) is 3. The molecular weight excluding hydrogens is 317 g/mol. The Morgan fingerprint density at radius 2 is 2.17 bits per heavy atom. The maximum Gasteiger partial charge on any atom is 0.346 e. The van der Waals surface area contributed by atoms with Crippen LogP contribution in [0.2, 0.25) is 0 Å². The number of hydrogen-bond acceptors (Lipinski definition) is 5. The van der Waals surface area contributed by atoms with Gasteiger partial charge in [0.05, 0.1) is 38.0 Å². The molecule has 1 spiro atoms. The lowest BCUT2D eigenvalue weighted by atomic mass is 9.74. The predicted molar refractivity (Wildman–Crippen MR) is 81.8 cm³/mol. The van der Waals surface area contributed by atoms with Gasteiger partial charge in [0.25, 0.3) is 0 Å². The number of alkyl halides is 1. The second-order valence-electron chi connectivity index (χ2n) is 6.57. The standard InChI is InChI=1S/C16H22FN3O4/c1-3-24-14(22)16(17)9-20(8-15(16)10-23-11-15)13(21)5-4-12-6-18-19(2)7-12/h6-7H,3-5,8-11H2,1-2H3. The van der Waals surface area contributed by atoms with E-state index in [1.165, 1.54) is 4.90 Å². The molecule has 2 aliphatic heterocycles. The van der Waals surface area contributed by atoms with E-state index in [4.69, 9.17) is 9.47 Å². The summed E-state index contributed by atoms with van der Waals surface area (Å²) in [4.78, 5) is 26.0. The van der Waals surface area contributed by atoms with Crippen molar-refractivity contribution in [2.24, 2.45) is 12.5 Å². The van der Waals surface area contributed by atoms with Crippen LogP contribution in [0, 0.1) is 5.41 Å². The Hall–Kier alpha value is -1.96. The molecule has 3 rings (SSSR count). The molecule has 1 aromatic heterocycles. The van der Waals surface area contributed by atoms with Crippen LogP contribution in [-0.4, -0.2) is 65.1 Å². The molecule has 0 aliphatic carbocycles. The van der Waals surface area contributed by atoms with Crippen molar-refractivity contribution in [2.75, 3.05) is 32.9 Å². The minimum atomic E-state index is -2.19. The fourth-order valence-electron chi connectivity index (χ4n) is 3.36. The normalized spacial score (nSPS) is 24.9. The highest BCUT2D eigenvalue weighted by Crippen LogP contribution is 2.48. The summed E-state index contributed by atoms with van der Waals surface area (Å²) in [5, 5.41) is 4.06. The topological polar surface area (TPSA) is 73.7 Å². The van der Waals surface area contributed by atoms with Crippen molar-refractivity contribution in [2.45, 2.75) is 25.4 Å². The third-order valence-corrected chi connectivity index (χ3v) is 4.84. The maximum atomic E-state index is 15.4. The van der Waals surface area contributed by atoms with E-state index in [1.54, 1.807) is 17.8 Å². The maximum absolute atomic E-state index is 15.4. The summed E-state index contributed by atoms with van der Waals surface area (Å²) in [6.07, 6.45) is 4.33. The third-order valence-electron chi connectivity index (χ3n) is 4.84. The Morgan fingerprint density at radius 1 is 1.42 bits per heavy atom. The van der Waals surface area contributed by atoms with Crippen LogP contribution in [-0.2, 0) is 32.5 Å². The van der Waals surface area contributed by atoms with Gasteiger partial charge in [-0.05, 0) is 18.9 Å². The largest absolute Gasteiger partial charge is 0.464 e. The summed E-state index contributed by atoms with van der Waals surface area (Å²) in [5.41, 5.74) is -2.21. The number of amides is 1. The van der Waals surface area contributed by atoms with Crippen LogP contribution in [0.4, 0.5) is 4.39 Å². The van der Waals surface area contributed by atoms with Crippen LogP contribution < -0.4 is 0 Å². The van der Waals surface area contributed by atoms with E-state index in [0.717, 1.165) is 5.56 Å². The lowest BCUT2D eigenvalue weighted by Gasteiger charge is -2.43. The minimum Gasteiger partial charge on any atom is -0.464 e. The first-order chi connectivity index (χ1) is 11.4. The van der Waals surface area contributed by atoms with Gasteiger partial charge in [0.15, 0.2) is 0 Å². The van der Waals surface area contributed by atoms with E-state index < -0.39 is 17.1 Å². The van der Waals surface area contributed by atoms with Crippen LogP contribution >= 0.6 is 0 Å². The van der Waals surface area contributed by atoms with Crippen LogP contribution in [0.5, 0.6) is 0 Å². The van der Waals surface area contributed by atoms with E-state index in [2.05, 4.69) is 5.10 Å². The number of rotatable bonds is 5. The van der Waals surface area contributed by atoms with Crippen LogP contribution in [0.15, 0.2) is 12.4 Å². The van der Waals surface area contributed by atoms with Crippen molar-refractivity contribution in [3.05, 3.63) is 18.0 Å². The predicted octanol–water partition coefficient (Wildman–Crippen LogP) is 0.483. The van der Waals surface area contributed by atoms with Gasteiger partial charge in [0.2, 0.25) is 11.6 Å². The van der Waals surface area contributed by atoms with Gasteiger partial charge in [-0.25, -0.2) is 9.18 Å². The fourth-order valence-corrected chi connectivity index (χ4v) is 3.36. The van der Waals surface area contributed by atoms with Crippen LogP contribution in [0.1, 0.15) is 18.9 Å². The van der Waals surface area contributed by atoms with Crippen molar-refractivity contribution in [3.8, 4) is 0 Å². The molecule has 132 valence electrons. The number of carbonyl (C=O) groups excluding carboxylic acids is 2. The number of aryl methyl sites for hydroxylation is 2. The molecular formula is C16H22FN3O4. The van der Waals surface area contributed by atoms with Crippen molar-refractivity contribution in [1.82, 2.24) is 14.7 Å². The monoisotopic (exact) mass is 339 g/mol. The molecule has 0 radical (unpaired) electrons. The van der Waals surface area contributed by atoms with E-state index in [-0.39, 0.29) is 45.2 Å². The number of esters is 1. The minimum absolute atomic E-state index is 0.108. The lowest BCUT2D eigenvalue weighted by Crippen LogP contribution is -2.61. The Morgan fingerprint density at radius 3 is 2.71 bits per heavy atom. The van der Waals surface area contributed by atoms with E-state index in [0.29, 0.717) is 6.42 Å². The highest BCUT2D eigenvalue weighted by Gasteiger charge is 2.68. The summed E-state index contributed by atoms with van der Waals surface area (Å²) in [7, 11) is 1.81. The van der Waals surface area contributed by atoms with Gasteiger partial charge in [0, 0.05) is 26.2 Å². The zero-order valence-electron chi connectivity index (χ0n) is 14.0.